The largest absolute Gasteiger partial charge is 0.478 e. The first-order valence-corrected chi connectivity index (χ1v) is 11.0. The number of nitriles is 1. The van der Waals surface area contributed by atoms with E-state index in [1.54, 1.807) is 12.1 Å². The molecule has 4 rings (SSSR count). The molecular formula is C26H28N2O2. The zero-order valence-electron chi connectivity index (χ0n) is 17.5. The Hall–Kier alpha value is -3.06. The van der Waals surface area contributed by atoms with E-state index < -0.39 is 5.97 Å². The third kappa shape index (κ3) is 3.73. The lowest BCUT2D eigenvalue weighted by Crippen LogP contribution is -2.14. The fourth-order valence-corrected chi connectivity index (χ4v) is 5.07. The fourth-order valence-electron chi connectivity index (χ4n) is 5.07. The Labute approximate surface area is 177 Å². The number of carbonyl (C=O) groups is 1. The van der Waals surface area contributed by atoms with Crippen molar-refractivity contribution in [3.05, 3.63) is 70.4 Å². The molecule has 0 amide bonds. The lowest BCUT2D eigenvalue weighted by Gasteiger charge is -2.25. The summed E-state index contributed by atoms with van der Waals surface area (Å²) in [7, 11) is 0. The van der Waals surface area contributed by atoms with E-state index in [0.717, 1.165) is 29.3 Å². The standard InChI is InChI=1S/C26H28N2O2/c1-2-3-4-10-20-11-6-14-23-24(20)21-12-7-13-22(26(29)30)25(21)28(23)17-19-9-5-8-18(15-19)16-27/h5,7-9,12-13,15,20H,2-4,6,10-11,14,17H2,1H3,(H,29,30). The fraction of sp³-hybridized carbons (Fsp3) is 0.385. The number of nitrogens with zero attached hydrogens (tertiary/aromatic N) is 2. The second-order valence-corrected chi connectivity index (χ2v) is 8.35. The molecule has 4 nitrogen and oxygen atoms in total. The van der Waals surface area contributed by atoms with Crippen molar-refractivity contribution in [3.8, 4) is 6.07 Å². The van der Waals surface area contributed by atoms with Gasteiger partial charge in [-0.1, -0.05) is 50.5 Å². The van der Waals surface area contributed by atoms with Gasteiger partial charge < -0.3 is 9.67 Å². The summed E-state index contributed by atoms with van der Waals surface area (Å²) < 4.78 is 2.22. The van der Waals surface area contributed by atoms with Crippen molar-refractivity contribution < 1.29 is 9.90 Å². The van der Waals surface area contributed by atoms with E-state index in [9.17, 15) is 15.2 Å². The number of hydrogen-bond acceptors (Lipinski definition) is 2. The zero-order valence-corrected chi connectivity index (χ0v) is 17.5. The van der Waals surface area contributed by atoms with Crippen molar-refractivity contribution in [1.82, 2.24) is 4.57 Å². The van der Waals surface area contributed by atoms with E-state index in [2.05, 4.69) is 23.6 Å². The number of rotatable bonds is 7. The number of aromatic nitrogens is 1. The molecule has 1 aliphatic carbocycles. The van der Waals surface area contributed by atoms with E-state index in [1.165, 1.54) is 43.4 Å². The van der Waals surface area contributed by atoms with Crippen LogP contribution in [0.1, 0.15) is 84.1 Å². The van der Waals surface area contributed by atoms with Gasteiger partial charge in [-0.3, -0.25) is 0 Å². The topological polar surface area (TPSA) is 66.0 Å². The Kier molecular flexibility index (Phi) is 5.90. The maximum Gasteiger partial charge on any atom is 0.337 e. The molecule has 1 atom stereocenters. The predicted molar refractivity (Wildman–Crippen MR) is 119 cm³/mol. The Morgan fingerprint density at radius 1 is 1.23 bits per heavy atom. The number of fused-ring (bicyclic) bond motifs is 3. The van der Waals surface area contributed by atoms with Gasteiger partial charge in [-0.2, -0.15) is 5.26 Å². The molecule has 0 fully saturated rings. The summed E-state index contributed by atoms with van der Waals surface area (Å²) in [5, 5.41) is 20.3. The molecule has 1 aliphatic rings. The van der Waals surface area contributed by atoms with Gasteiger partial charge in [-0.05, 0) is 60.9 Å². The van der Waals surface area contributed by atoms with Crippen LogP contribution >= 0.6 is 0 Å². The number of carboxylic acid groups (broad SMARTS) is 1. The van der Waals surface area contributed by atoms with E-state index >= 15 is 0 Å². The number of hydrogen-bond donors (Lipinski definition) is 1. The Morgan fingerprint density at radius 2 is 2.07 bits per heavy atom. The first-order chi connectivity index (χ1) is 14.6. The molecule has 0 spiro atoms. The van der Waals surface area contributed by atoms with Crippen molar-refractivity contribution in [3.63, 3.8) is 0 Å². The minimum Gasteiger partial charge on any atom is -0.478 e. The third-order valence-corrected chi connectivity index (χ3v) is 6.39. The SMILES string of the molecule is CCCCCC1CCCc2c1c1cccc(C(=O)O)c1n2Cc1cccc(C#N)c1. The molecule has 1 N–H and O–H groups in total. The van der Waals surface area contributed by atoms with E-state index in [1.807, 2.05) is 24.3 Å². The Balaban J connectivity index is 1.88. The molecule has 2 aromatic carbocycles. The molecule has 30 heavy (non-hydrogen) atoms. The summed E-state index contributed by atoms with van der Waals surface area (Å²) in [5.74, 6) is -0.386. The normalized spacial score (nSPS) is 15.7. The van der Waals surface area contributed by atoms with Gasteiger partial charge in [-0.25, -0.2) is 4.79 Å². The summed E-state index contributed by atoms with van der Waals surface area (Å²) in [6.07, 6.45) is 8.13. The monoisotopic (exact) mass is 400 g/mol. The van der Waals surface area contributed by atoms with E-state index in [0.29, 0.717) is 23.6 Å². The summed E-state index contributed by atoms with van der Waals surface area (Å²) >= 11 is 0. The summed E-state index contributed by atoms with van der Waals surface area (Å²) in [6.45, 7) is 2.82. The summed E-state index contributed by atoms with van der Waals surface area (Å²) in [4.78, 5) is 12.1. The predicted octanol–water partition coefficient (Wildman–Crippen LogP) is 6.26. The van der Waals surface area contributed by atoms with E-state index in [4.69, 9.17) is 0 Å². The maximum atomic E-state index is 12.1. The maximum absolute atomic E-state index is 12.1. The van der Waals surface area contributed by atoms with Gasteiger partial charge >= 0.3 is 5.97 Å². The van der Waals surface area contributed by atoms with Crippen LogP contribution in [0.5, 0.6) is 0 Å². The van der Waals surface area contributed by atoms with Gasteiger partial charge in [0.25, 0.3) is 0 Å². The van der Waals surface area contributed by atoms with Crippen LogP contribution in [0, 0.1) is 11.3 Å². The molecule has 0 saturated carbocycles. The summed E-state index contributed by atoms with van der Waals surface area (Å²) in [6, 6.07) is 15.5. The van der Waals surface area contributed by atoms with Crippen LogP contribution in [0.4, 0.5) is 0 Å². The highest BCUT2D eigenvalue weighted by Gasteiger charge is 2.29. The van der Waals surface area contributed by atoms with Crippen LogP contribution in [-0.2, 0) is 13.0 Å². The Morgan fingerprint density at radius 3 is 2.83 bits per heavy atom. The van der Waals surface area contributed by atoms with Crippen LogP contribution in [0.3, 0.4) is 0 Å². The number of carboxylic acids is 1. The second-order valence-electron chi connectivity index (χ2n) is 8.35. The zero-order chi connectivity index (χ0) is 21.1. The van der Waals surface area contributed by atoms with Gasteiger partial charge in [0.2, 0.25) is 0 Å². The van der Waals surface area contributed by atoms with E-state index in [-0.39, 0.29) is 0 Å². The molecule has 1 aromatic heterocycles. The van der Waals surface area contributed by atoms with Gasteiger partial charge in [-0.15, -0.1) is 0 Å². The molecule has 3 aromatic rings. The average Bonchev–Trinajstić information content (AvgIpc) is 3.08. The molecule has 4 heteroatoms. The van der Waals surface area contributed by atoms with Crippen LogP contribution in [0.2, 0.25) is 0 Å². The second kappa shape index (κ2) is 8.75. The average molecular weight is 401 g/mol. The minimum atomic E-state index is -0.884. The molecular weight excluding hydrogens is 372 g/mol. The minimum absolute atomic E-state index is 0.366. The molecule has 1 unspecified atom stereocenters. The highest BCUT2D eigenvalue weighted by molar-refractivity contribution is 6.04. The van der Waals surface area contributed by atoms with Crippen LogP contribution in [0.25, 0.3) is 10.9 Å². The van der Waals surface area contributed by atoms with Crippen molar-refractivity contribution in [2.45, 2.75) is 64.3 Å². The number of para-hydroxylation sites is 1. The first kappa shape index (κ1) is 20.2. The smallest absolute Gasteiger partial charge is 0.337 e. The lowest BCUT2D eigenvalue weighted by molar-refractivity contribution is 0.0698. The Bertz CT molecular complexity index is 1120. The first-order valence-electron chi connectivity index (χ1n) is 11.0. The number of unbranched alkanes of at least 4 members (excludes halogenated alkanes) is 2. The van der Waals surface area contributed by atoms with Gasteiger partial charge in [0.05, 0.1) is 22.7 Å². The summed E-state index contributed by atoms with van der Waals surface area (Å²) in [5.41, 5.74) is 5.52. The highest BCUT2D eigenvalue weighted by atomic mass is 16.4. The van der Waals surface area contributed by atoms with Crippen LogP contribution in [0.15, 0.2) is 42.5 Å². The molecule has 0 radical (unpaired) electrons. The van der Waals surface area contributed by atoms with Crippen molar-refractivity contribution >= 4 is 16.9 Å². The molecule has 0 saturated heterocycles. The van der Waals surface area contributed by atoms with Gasteiger partial charge in [0.15, 0.2) is 0 Å². The highest BCUT2D eigenvalue weighted by Crippen LogP contribution is 2.42. The number of aromatic carboxylic acids is 1. The van der Waals surface area contributed by atoms with Gasteiger partial charge in [0, 0.05) is 17.6 Å². The number of benzene rings is 2. The quantitative estimate of drug-likeness (QED) is 0.476. The van der Waals surface area contributed by atoms with Crippen molar-refractivity contribution in [2.75, 3.05) is 0 Å². The van der Waals surface area contributed by atoms with Crippen molar-refractivity contribution in [2.24, 2.45) is 0 Å². The third-order valence-electron chi connectivity index (χ3n) is 6.39. The van der Waals surface area contributed by atoms with Crippen LogP contribution < -0.4 is 0 Å². The molecule has 1 heterocycles. The molecule has 0 bridgehead atoms. The van der Waals surface area contributed by atoms with Crippen molar-refractivity contribution in [1.29, 1.82) is 5.26 Å². The van der Waals surface area contributed by atoms with Gasteiger partial charge in [0.1, 0.15) is 0 Å². The van der Waals surface area contributed by atoms with Crippen LogP contribution in [-0.4, -0.2) is 15.6 Å². The molecule has 0 aliphatic heterocycles. The lowest BCUT2D eigenvalue weighted by atomic mass is 9.82. The molecule has 154 valence electrons.